The molecule has 140 valence electrons. The Balaban J connectivity index is 1.76. The average Bonchev–Trinajstić information content (AvgIpc) is 3.12. The van der Waals surface area contributed by atoms with Gasteiger partial charge in [0.25, 0.3) is 0 Å². The Morgan fingerprint density at radius 3 is 2.19 bits per heavy atom. The number of hydrogen-bond acceptors (Lipinski definition) is 3. The predicted molar refractivity (Wildman–Crippen MR) is 90.6 cm³/mol. The van der Waals surface area contributed by atoms with Gasteiger partial charge < -0.3 is 4.74 Å². The fraction of sp³-hybridized carbons (Fsp3) is 0.333. The Bertz CT molecular complexity index is 862. The molecule has 0 saturated carbocycles. The van der Waals surface area contributed by atoms with E-state index in [1.54, 1.807) is 7.11 Å². The molecule has 1 aliphatic heterocycles. The smallest absolute Gasteiger partial charge is 0.416 e. The first kappa shape index (κ1) is 18.7. The zero-order valence-corrected chi connectivity index (χ0v) is 14.8. The quantitative estimate of drug-likeness (QED) is 0.802. The number of halogens is 3. The number of sulfonamides is 1. The largest absolute Gasteiger partial charge is 0.497 e. The Morgan fingerprint density at radius 2 is 1.65 bits per heavy atom. The monoisotopic (exact) mass is 385 g/mol. The van der Waals surface area contributed by atoms with Gasteiger partial charge in [0.15, 0.2) is 0 Å². The minimum Gasteiger partial charge on any atom is -0.497 e. The summed E-state index contributed by atoms with van der Waals surface area (Å²) in [6.07, 6.45) is -3.83. The van der Waals surface area contributed by atoms with Gasteiger partial charge in [0.2, 0.25) is 10.0 Å². The van der Waals surface area contributed by atoms with E-state index in [0.717, 1.165) is 35.6 Å². The van der Waals surface area contributed by atoms with Crippen molar-refractivity contribution in [1.29, 1.82) is 0 Å². The van der Waals surface area contributed by atoms with Crippen molar-refractivity contribution in [2.75, 3.05) is 20.2 Å². The van der Waals surface area contributed by atoms with E-state index in [4.69, 9.17) is 4.74 Å². The second-order valence-electron chi connectivity index (χ2n) is 6.14. The number of ether oxygens (including phenoxy) is 1. The van der Waals surface area contributed by atoms with Crippen molar-refractivity contribution in [3.8, 4) is 5.75 Å². The third kappa shape index (κ3) is 3.71. The van der Waals surface area contributed by atoms with Gasteiger partial charge in [-0.3, -0.25) is 0 Å². The number of methoxy groups -OCH3 is 1. The van der Waals surface area contributed by atoms with Crippen LogP contribution in [0, 0.1) is 0 Å². The lowest BCUT2D eigenvalue weighted by molar-refractivity contribution is -0.137. The van der Waals surface area contributed by atoms with Crippen LogP contribution in [0.3, 0.4) is 0 Å². The molecular weight excluding hydrogens is 367 g/mol. The van der Waals surface area contributed by atoms with Crippen molar-refractivity contribution in [1.82, 2.24) is 4.31 Å². The van der Waals surface area contributed by atoms with Crippen LogP contribution in [0.2, 0.25) is 0 Å². The molecule has 0 spiro atoms. The number of hydrogen-bond donors (Lipinski definition) is 0. The van der Waals surface area contributed by atoms with E-state index in [1.165, 1.54) is 4.31 Å². The maximum Gasteiger partial charge on any atom is 0.416 e. The molecule has 0 N–H and O–H groups in total. The summed E-state index contributed by atoms with van der Waals surface area (Å²) in [5.41, 5.74) is 0.143. The summed E-state index contributed by atoms with van der Waals surface area (Å²) >= 11 is 0. The summed E-state index contributed by atoms with van der Waals surface area (Å²) in [6, 6.07) is 11.1. The van der Waals surface area contributed by atoms with Crippen LogP contribution in [0.15, 0.2) is 53.4 Å². The fourth-order valence-electron chi connectivity index (χ4n) is 3.06. The van der Waals surface area contributed by atoms with E-state index in [1.807, 2.05) is 24.3 Å². The lowest BCUT2D eigenvalue weighted by Gasteiger charge is -2.17. The van der Waals surface area contributed by atoms with Crippen molar-refractivity contribution in [2.45, 2.75) is 23.4 Å². The van der Waals surface area contributed by atoms with Gasteiger partial charge in [-0.15, -0.1) is 0 Å². The minimum atomic E-state index is -4.49. The number of benzene rings is 2. The predicted octanol–water partition coefficient (Wildman–Crippen LogP) is 3.89. The van der Waals surface area contributed by atoms with Crippen LogP contribution in [0.5, 0.6) is 5.75 Å². The third-order valence-corrected chi connectivity index (χ3v) is 6.44. The summed E-state index contributed by atoms with van der Waals surface area (Å²) < 4.78 is 69.8. The number of alkyl halides is 3. The highest BCUT2D eigenvalue weighted by Crippen LogP contribution is 2.33. The molecule has 0 aromatic heterocycles. The molecule has 1 unspecified atom stereocenters. The first-order valence-corrected chi connectivity index (χ1v) is 9.47. The number of nitrogens with zero attached hydrogens (tertiary/aromatic N) is 1. The molecule has 0 bridgehead atoms. The van der Waals surface area contributed by atoms with E-state index in [-0.39, 0.29) is 10.8 Å². The van der Waals surface area contributed by atoms with Gasteiger partial charge in [0, 0.05) is 13.1 Å². The van der Waals surface area contributed by atoms with Crippen LogP contribution in [0.4, 0.5) is 13.2 Å². The van der Waals surface area contributed by atoms with E-state index in [9.17, 15) is 21.6 Å². The Kier molecular flexibility index (Phi) is 4.98. The zero-order valence-electron chi connectivity index (χ0n) is 14.0. The van der Waals surface area contributed by atoms with E-state index in [2.05, 4.69) is 0 Å². The van der Waals surface area contributed by atoms with Crippen LogP contribution < -0.4 is 4.74 Å². The average molecular weight is 385 g/mol. The SMILES string of the molecule is COc1ccc(C2CCN(S(=O)(=O)c3ccc(C(F)(F)F)cc3)C2)cc1. The lowest BCUT2D eigenvalue weighted by atomic mass is 9.99. The zero-order chi connectivity index (χ0) is 18.9. The van der Waals surface area contributed by atoms with Crippen molar-refractivity contribution in [3.05, 3.63) is 59.7 Å². The highest BCUT2D eigenvalue weighted by molar-refractivity contribution is 7.89. The maximum atomic E-state index is 12.7. The van der Waals surface area contributed by atoms with Crippen LogP contribution in [0.25, 0.3) is 0 Å². The molecule has 1 heterocycles. The molecular formula is C18H18F3NO3S. The number of rotatable bonds is 4. The minimum absolute atomic E-state index is 0.0464. The summed E-state index contributed by atoms with van der Waals surface area (Å²) in [4.78, 5) is -0.124. The van der Waals surface area contributed by atoms with Crippen LogP contribution >= 0.6 is 0 Å². The molecule has 1 aliphatic rings. The standard InChI is InChI=1S/C18H18F3NO3S/c1-25-16-6-2-13(3-7-16)14-10-11-22(12-14)26(23,24)17-8-4-15(5-9-17)18(19,20)21/h2-9,14H,10-12H2,1H3. The normalized spacial score (nSPS) is 18.8. The molecule has 8 heteroatoms. The summed E-state index contributed by atoms with van der Waals surface area (Å²) in [5.74, 6) is 0.770. The Morgan fingerprint density at radius 1 is 1.04 bits per heavy atom. The molecule has 1 atom stereocenters. The van der Waals surface area contributed by atoms with Crippen molar-refractivity contribution in [3.63, 3.8) is 0 Å². The molecule has 1 saturated heterocycles. The third-order valence-electron chi connectivity index (χ3n) is 4.56. The first-order valence-electron chi connectivity index (χ1n) is 8.03. The van der Waals surface area contributed by atoms with Crippen LogP contribution in [-0.4, -0.2) is 32.9 Å². The molecule has 0 amide bonds. The molecule has 26 heavy (non-hydrogen) atoms. The van der Waals surface area contributed by atoms with Gasteiger partial charge >= 0.3 is 6.18 Å². The molecule has 3 rings (SSSR count). The molecule has 4 nitrogen and oxygen atoms in total. The van der Waals surface area contributed by atoms with Crippen molar-refractivity contribution >= 4 is 10.0 Å². The maximum absolute atomic E-state index is 12.7. The fourth-order valence-corrected chi connectivity index (χ4v) is 4.56. The van der Waals surface area contributed by atoms with Gasteiger partial charge in [-0.05, 0) is 54.3 Å². The summed E-state index contributed by atoms with van der Waals surface area (Å²) in [5, 5.41) is 0. The topological polar surface area (TPSA) is 46.6 Å². The Hall–Kier alpha value is -2.06. The van der Waals surface area contributed by atoms with Gasteiger partial charge in [0.05, 0.1) is 17.6 Å². The Labute approximate surface area is 150 Å². The van der Waals surface area contributed by atoms with Gasteiger partial charge in [-0.1, -0.05) is 12.1 Å². The van der Waals surface area contributed by atoms with Crippen molar-refractivity contribution < 1.29 is 26.3 Å². The molecule has 0 aliphatic carbocycles. The second kappa shape index (κ2) is 6.92. The second-order valence-corrected chi connectivity index (χ2v) is 8.08. The summed E-state index contributed by atoms with van der Waals surface area (Å²) in [7, 11) is -2.24. The van der Waals surface area contributed by atoms with Gasteiger partial charge in [-0.25, -0.2) is 8.42 Å². The molecule has 2 aromatic carbocycles. The molecule has 0 radical (unpaired) electrons. The molecule has 1 fully saturated rings. The summed E-state index contributed by atoms with van der Waals surface area (Å²) in [6.45, 7) is 0.635. The van der Waals surface area contributed by atoms with E-state index in [0.29, 0.717) is 19.5 Å². The van der Waals surface area contributed by atoms with Crippen LogP contribution in [0.1, 0.15) is 23.5 Å². The van der Waals surface area contributed by atoms with E-state index >= 15 is 0 Å². The van der Waals surface area contributed by atoms with Crippen molar-refractivity contribution in [2.24, 2.45) is 0 Å². The van der Waals surface area contributed by atoms with Gasteiger partial charge in [-0.2, -0.15) is 17.5 Å². The van der Waals surface area contributed by atoms with Crippen LogP contribution in [-0.2, 0) is 16.2 Å². The highest BCUT2D eigenvalue weighted by atomic mass is 32.2. The highest BCUT2D eigenvalue weighted by Gasteiger charge is 2.34. The van der Waals surface area contributed by atoms with Gasteiger partial charge in [0.1, 0.15) is 5.75 Å². The lowest BCUT2D eigenvalue weighted by Crippen LogP contribution is -2.28. The first-order chi connectivity index (χ1) is 12.2. The molecule has 2 aromatic rings. The van der Waals surface area contributed by atoms with E-state index < -0.39 is 21.8 Å².